The third-order valence-electron chi connectivity index (χ3n) is 3.66. The van der Waals surface area contributed by atoms with E-state index in [9.17, 15) is 4.79 Å². The number of nitrogens with zero attached hydrogens (tertiary/aromatic N) is 1. The minimum absolute atomic E-state index is 0.107. The van der Waals surface area contributed by atoms with Gasteiger partial charge in [0.2, 0.25) is 0 Å². The summed E-state index contributed by atoms with van der Waals surface area (Å²) >= 11 is 2.05. The molecule has 4 heteroatoms. The molecular weight excluding hydrogens is 282 g/mol. The van der Waals surface area contributed by atoms with Gasteiger partial charge in [0.25, 0.3) is 0 Å². The summed E-state index contributed by atoms with van der Waals surface area (Å²) in [6.45, 7) is 11.8. The zero-order valence-electron chi connectivity index (χ0n) is 13.4. The number of carbonyl (C=O) groups is 1. The topological polar surface area (TPSA) is 29.5 Å². The van der Waals surface area contributed by atoms with Crippen molar-refractivity contribution in [1.29, 1.82) is 0 Å². The van der Waals surface area contributed by atoms with E-state index in [2.05, 4.69) is 30.5 Å². The fourth-order valence-corrected chi connectivity index (χ4v) is 4.26. The minimum atomic E-state index is 0.107. The SMILES string of the molecule is CCOc1ccc(C(C)=O)cc1CN1CC(C)SC(C)C1. The predicted molar refractivity (Wildman–Crippen MR) is 89.4 cm³/mol. The van der Waals surface area contributed by atoms with Crippen LogP contribution < -0.4 is 4.74 Å². The first-order chi connectivity index (χ1) is 9.99. The van der Waals surface area contributed by atoms with E-state index >= 15 is 0 Å². The Morgan fingerprint density at radius 2 is 2.00 bits per heavy atom. The highest BCUT2D eigenvalue weighted by Gasteiger charge is 2.23. The van der Waals surface area contributed by atoms with Gasteiger partial charge < -0.3 is 4.74 Å². The van der Waals surface area contributed by atoms with Gasteiger partial charge >= 0.3 is 0 Å². The van der Waals surface area contributed by atoms with Crippen molar-refractivity contribution in [1.82, 2.24) is 4.90 Å². The first kappa shape index (κ1) is 16.4. The Hall–Kier alpha value is -1.00. The summed E-state index contributed by atoms with van der Waals surface area (Å²) in [7, 11) is 0. The van der Waals surface area contributed by atoms with E-state index in [1.807, 2.05) is 25.1 Å². The average Bonchev–Trinajstić information content (AvgIpc) is 2.39. The van der Waals surface area contributed by atoms with Gasteiger partial charge in [-0.1, -0.05) is 13.8 Å². The zero-order chi connectivity index (χ0) is 15.4. The van der Waals surface area contributed by atoms with Crippen molar-refractivity contribution < 1.29 is 9.53 Å². The van der Waals surface area contributed by atoms with Crippen LogP contribution in [-0.2, 0) is 6.54 Å². The van der Waals surface area contributed by atoms with E-state index in [1.165, 1.54) is 0 Å². The number of Topliss-reactive ketones (excluding diaryl/α,β-unsaturated/α-hetero) is 1. The van der Waals surface area contributed by atoms with Crippen LogP contribution in [0.15, 0.2) is 18.2 Å². The van der Waals surface area contributed by atoms with Crippen LogP contribution >= 0.6 is 11.8 Å². The van der Waals surface area contributed by atoms with Crippen LogP contribution in [0.1, 0.15) is 43.6 Å². The zero-order valence-corrected chi connectivity index (χ0v) is 14.2. The summed E-state index contributed by atoms with van der Waals surface area (Å²) in [5.74, 6) is 1.01. The molecule has 0 aromatic heterocycles. The van der Waals surface area contributed by atoms with E-state index in [1.54, 1.807) is 6.92 Å². The molecule has 3 nitrogen and oxygen atoms in total. The fraction of sp³-hybridized carbons (Fsp3) is 0.588. The highest BCUT2D eigenvalue weighted by atomic mass is 32.2. The summed E-state index contributed by atoms with van der Waals surface area (Å²) in [6.07, 6.45) is 0. The first-order valence-electron chi connectivity index (χ1n) is 7.64. The van der Waals surface area contributed by atoms with Crippen LogP contribution in [0.3, 0.4) is 0 Å². The number of hydrogen-bond acceptors (Lipinski definition) is 4. The van der Waals surface area contributed by atoms with E-state index in [4.69, 9.17) is 4.74 Å². The number of thioether (sulfide) groups is 1. The lowest BCUT2D eigenvalue weighted by Gasteiger charge is -2.34. The molecule has 0 aliphatic carbocycles. The monoisotopic (exact) mass is 307 g/mol. The number of hydrogen-bond donors (Lipinski definition) is 0. The molecule has 0 bridgehead atoms. The van der Waals surface area contributed by atoms with Crippen molar-refractivity contribution in [2.45, 2.75) is 44.7 Å². The van der Waals surface area contributed by atoms with Gasteiger partial charge in [0.05, 0.1) is 6.61 Å². The Morgan fingerprint density at radius 3 is 2.57 bits per heavy atom. The number of carbonyl (C=O) groups excluding carboxylic acids is 1. The molecule has 2 rings (SSSR count). The Labute approximate surface area is 132 Å². The molecule has 0 spiro atoms. The summed E-state index contributed by atoms with van der Waals surface area (Å²) in [5, 5.41) is 1.31. The van der Waals surface area contributed by atoms with Crippen molar-refractivity contribution in [3.8, 4) is 5.75 Å². The minimum Gasteiger partial charge on any atom is -0.494 e. The summed E-state index contributed by atoms with van der Waals surface area (Å²) < 4.78 is 5.72. The standard InChI is InChI=1S/C17H25NO2S/c1-5-20-17-7-6-15(14(4)19)8-16(17)11-18-9-12(2)21-13(3)10-18/h6-8,12-13H,5,9-11H2,1-4H3. The Kier molecular flexibility index (Phi) is 5.71. The van der Waals surface area contributed by atoms with E-state index in [0.717, 1.165) is 36.5 Å². The van der Waals surface area contributed by atoms with Crippen molar-refractivity contribution in [2.24, 2.45) is 0 Å². The van der Waals surface area contributed by atoms with Gasteiger partial charge in [-0.05, 0) is 32.0 Å². The lowest BCUT2D eigenvalue weighted by Crippen LogP contribution is -2.39. The third kappa shape index (κ3) is 4.48. The second kappa shape index (κ2) is 7.32. The molecule has 1 heterocycles. The summed E-state index contributed by atoms with van der Waals surface area (Å²) in [6, 6.07) is 5.78. The molecule has 1 aliphatic rings. The molecule has 1 saturated heterocycles. The highest BCUT2D eigenvalue weighted by molar-refractivity contribution is 8.00. The molecule has 0 radical (unpaired) electrons. The fourth-order valence-electron chi connectivity index (χ4n) is 2.87. The molecule has 2 unspecified atom stereocenters. The van der Waals surface area contributed by atoms with Gasteiger partial charge in [-0.2, -0.15) is 11.8 Å². The van der Waals surface area contributed by atoms with Gasteiger partial charge in [-0.15, -0.1) is 0 Å². The number of rotatable bonds is 5. The molecular formula is C17H25NO2S. The van der Waals surface area contributed by atoms with E-state index < -0.39 is 0 Å². The van der Waals surface area contributed by atoms with Crippen LogP contribution in [-0.4, -0.2) is 40.9 Å². The van der Waals surface area contributed by atoms with Crippen LogP contribution in [0.5, 0.6) is 5.75 Å². The van der Waals surface area contributed by atoms with Crippen LogP contribution in [0.25, 0.3) is 0 Å². The van der Waals surface area contributed by atoms with Gasteiger partial charge in [0.1, 0.15) is 5.75 Å². The largest absolute Gasteiger partial charge is 0.494 e. The summed E-state index contributed by atoms with van der Waals surface area (Å²) in [5.41, 5.74) is 1.89. The second-order valence-electron chi connectivity index (χ2n) is 5.76. The Morgan fingerprint density at radius 1 is 1.33 bits per heavy atom. The van der Waals surface area contributed by atoms with Crippen molar-refractivity contribution in [2.75, 3.05) is 19.7 Å². The molecule has 0 N–H and O–H groups in total. The second-order valence-corrected chi connectivity index (χ2v) is 7.64. The van der Waals surface area contributed by atoms with Gasteiger partial charge in [0.15, 0.2) is 5.78 Å². The van der Waals surface area contributed by atoms with Crippen LogP contribution in [0.4, 0.5) is 0 Å². The quantitative estimate of drug-likeness (QED) is 0.777. The first-order valence-corrected chi connectivity index (χ1v) is 8.58. The predicted octanol–water partition coefficient (Wildman–Crippen LogP) is 3.61. The number of benzene rings is 1. The molecule has 1 aromatic rings. The molecule has 1 fully saturated rings. The smallest absolute Gasteiger partial charge is 0.159 e. The summed E-state index contributed by atoms with van der Waals surface area (Å²) in [4.78, 5) is 14.1. The third-order valence-corrected chi connectivity index (χ3v) is 4.88. The van der Waals surface area contributed by atoms with E-state index in [-0.39, 0.29) is 5.78 Å². The maximum atomic E-state index is 11.6. The van der Waals surface area contributed by atoms with E-state index in [0.29, 0.717) is 17.1 Å². The Bertz CT molecular complexity index is 494. The lowest BCUT2D eigenvalue weighted by molar-refractivity contribution is 0.101. The number of ketones is 1. The van der Waals surface area contributed by atoms with Crippen LogP contribution in [0.2, 0.25) is 0 Å². The maximum absolute atomic E-state index is 11.6. The van der Waals surface area contributed by atoms with Crippen molar-refractivity contribution in [3.05, 3.63) is 29.3 Å². The van der Waals surface area contributed by atoms with Gasteiger partial charge in [-0.25, -0.2) is 0 Å². The molecule has 21 heavy (non-hydrogen) atoms. The molecule has 116 valence electrons. The van der Waals surface area contributed by atoms with Gasteiger partial charge in [-0.3, -0.25) is 9.69 Å². The van der Waals surface area contributed by atoms with Crippen LogP contribution in [0, 0.1) is 0 Å². The molecule has 1 aromatic carbocycles. The molecule has 1 aliphatic heterocycles. The number of ether oxygens (including phenoxy) is 1. The van der Waals surface area contributed by atoms with Gasteiger partial charge in [0, 0.05) is 41.3 Å². The van der Waals surface area contributed by atoms with Crippen molar-refractivity contribution in [3.63, 3.8) is 0 Å². The normalized spacial score (nSPS) is 23.0. The Balaban J connectivity index is 2.19. The molecule has 0 amide bonds. The molecule has 2 atom stereocenters. The average molecular weight is 307 g/mol. The van der Waals surface area contributed by atoms with Crippen molar-refractivity contribution >= 4 is 17.5 Å². The molecule has 0 saturated carbocycles. The maximum Gasteiger partial charge on any atom is 0.159 e. The highest BCUT2D eigenvalue weighted by Crippen LogP contribution is 2.28. The lowest BCUT2D eigenvalue weighted by atomic mass is 10.1.